The fourth-order valence-electron chi connectivity index (χ4n) is 2.04. The van der Waals surface area contributed by atoms with Crippen molar-refractivity contribution in [2.75, 3.05) is 17.8 Å². The lowest BCUT2D eigenvalue weighted by Crippen LogP contribution is -2.41. The average Bonchev–Trinajstić information content (AvgIpc) is 2.36. The van der Waals surface area contributed by atoms with Crippen molar-refractivity contribution < 1.29 is 8.42 Å². The first kappa shape index (κ1) is 13.8. The van der Waals surface area contributed by atoms with Crippen molar-refractivity contribution in [2.24, 2.45) is 0 Å². The van der Waals surface area contributed by atoms with E-state index in [1.54, 1.807) is 6.07 Å². The van der Waals surface area contributed by atoms with E-state index in [0.29, 0.717) is 12.2 Å². The number of halogens is 1. The van der Waals surface area contributed by atoms with Gasteiger partial charge >= 0.3 is 0 Å². The van der Waals surface area contributed by atoms with Gasteiger partial charge in [-0.2, -0.15) is 0 Å². The predicted octanol–water partition coefficient (Wildman–Crippen LogP) is 2.25. The standard InChI is InChI=1S/C12H17BrN2O2S/c1-9-11(13)5-2-6-12(9)15-18(16,17)10-4-3-7-14-8-10/h2,5-6,10,14-15H,3-4,7-8H2,1H3. The molecule has 0 amide bonds. The quantitative estimate of drug-likeness (QED) is 0.892. The van der Waals surface area contributed by atoms with Crippen LogP contribution < -0.4 is 10.0 Å². The maximum atomic E-state index is 12.3. The zero-order chi connectivity index (χ0) is 13.2. The van der Waals surface area contributed by atoms with E-state index in [9.17, 15) is 8.42 Å². The Morgan fingerprint density at radius 3 is 2.89 bits per heavy atom. The van der Waals surface area contributed by atoms with E-state index in [2.05, 4.69) is 26.0 Å². The maximum Gasteiger partial charge on any atom is 0.236 e. The molecule has 0 bridgehead atoms. The van der Waals surface area contributed by atoms with Crippen LogP contribution in [-0.4, -0.2) is 26.8 Å². The third-order valence-corrected chi connectivity index (χ3v) is 5.85. The number of benzene rings is 1. The highest BCUT2D eigenvalue weighted by atomic mass is 79.9. The van der Waals surface area contributed by atoms with Gasteiger partial charge in [-0.3, -0.25) is 4.72 Å². The minimum Gasteiger partial charge on any atom is -0.315 e. The van der Waals surface area contributed by atoms with Crippen LogP contribution in [0.2, 0.25) is 0 Å². The van der Waals surface area contributed by atoms with Gasteiger partial charge < -0.3 is 5.32 Å². The summed E-state index contributed by atoms with van der Waals surface area (Å²) in [6, 6.07) is 5.51. The van der Waals surface area contributed by atoms with Gasteiger partial charge in [-0.05, 0) is 44.0 Å². The lowest BCUT2D eigenvalue weighted by atomic mass is 10.2. The van der Waals surface area contributed by atoms with Gasteiger partial charge in [0.05, 0.1) is 10.9 Å². The van der Waals surface area contributed by atoms with Crippen molar-refractivity contribution in [3.63, 3.8) is 0 Å². The van der Waals surface area contributed by atoms with Gasteiger partial charge in [0.25, 0.3) is 0 Å². The minimum absolute atomic E-state index is 0.343. The van der Waals surface area contributed by atoms with E-state index in [4.69, 9.17) is 0 Å². The zero-order valence-corrected chi connectivity index (χ0v) is 12.6. The lowest BCUT2D eigenvalue weighted by molar-refractivity contribution is 0.499. The molecule has 0 aliphatic carbocycles. The summed E-state index contributed by atoms with van der Waals surface area (Å²) in [5.41, 5.74) is 1.56. The molecule has 1 unspecified atom stereocenters. The molecule has 1 aliphatic heterocycles. The zero-order valence-electron chi connectivity index (χ0n) is 10.2. The first-order valence-corrected chi connectivity index (χ1v) is 8.32. The smallest absolute Gasteiger partial charge is 0.236 e. The maximum absolute atomic E-state index is 12.3. The Kier molecular flexibility index (Phi) is 4.29. The fraction of sp³-hybridized carbons (Fsp3) is 0.500. The van der Waals surface area contributed by atoms with Crippen LogP contribution >= 0.6 is 15.9 Å². The Labute approximate surface area is 116 Å². The molecular formula is C12H17BrN2O2S. The van der Waals surface area contributed by atoms with E-state index in [1.165, 1.54) is 0 Å². The second-order valence-corrected chi connectivity index (χ2v) is 7.34. The van der Waals surface area contributed by atoms with E-state index < -0.39 is 10.0 Å². The second-order valence-electron chi connectivity index (χ2n) is 4.53. The Morgan fingerprint density at radius 1 is 1.44 bits per heavy atom. The highest BCUT2D eigenvalue weighted by Gasteiger charge is 2.27. The highest BCUT2D eigenvalue weighted by molar-refractivity contribution is 9.10. The lowest BCUT2D eigenvalue weighted by Gasteiger charge is -2.24. The van der Waals surface area contributed by atoms with E-state index in [-0.39, 0.29) is 5.25 Å². The van der Waals surface area contributed by atoms with Crippen molar-refractivity contribution in [1.82, 2.24) is 5.32 Å². The monoisotopic (exact) mass is 332 g/mol. The summed E-state index contributed by atoms with van der Waals surface area (Å²) in [7, 11) is -3.31. The SMILES string of the molecule is Cc1c(Br)cccc1NS(=O)(=O)C1CCCNC1. The molecule has 4 nitrogen and oxygen atoms in total. The van der Waals surface area contributed by atoms with Crippen LogP contribution in [0.15, 0.2) is 22.7 Å². The molecule has 1 aromatic carbocycles. The second kappa shape index (κ2) is 5.59. The van der Waals surface area contributed by atoms with Gasteiger partial charge in [0.2, 0.25) is 10.0 Å². The predicted molar refractivity (Wildman–Crippen MR) is 77.3 cm³/mol. The Bertz CT molecular complexity index is 525. The molecule has 1 aromatic rings. The normalized spacial score (nSPS) is 20.7. The Hall–Kier alpha value is -0.590. The summed E-state index contributed by atoms with van der Waals surface area (Å²) in [4.78, 5) is 0. The summed E-state index contributed by atoms with van der Waals surface area (Å²) >= 11 is 3.40. The van der Waals surface area contributed by atoms with Crippen molar-refractivity contribution in [3.8, 4) is 0 Å². The molecule has 18 heavy (non-hydrogen) atoms. The Balaban J connectivity index is 2.19. The van der Waals surface area contributed by atoms with E-state index in [0.717, 1.165) is 29.4 Å². The number of rotatable bonds is 3. The molecule has 2 rings (SSSR count). The van der Waals surface area contributed by atoms with Gasteiger partial charge in [0.15, 0.2) is 0 Å². The topological polar surface area (TPSA) is 58.2 Å². The molecule has 1 fully saturated rings. The van der Waals surface area contributed by atoms with Crippen molar-refractivity contribution in [2.45, 2.75) is 25.0 Å². The molecular weight excluding hydrogens is 316 g/mol. The first-order chi connectivity index (χ1) is 8.50. The molecule has 2 N–H and O–H groups in total. The van der Waals surface area contributed by atoms with Crippen molar-refractivity contribution in [3.05, 3.63) is 28.2 Å². The number of anilines is 1. The van der Waals surface area contributed by atoms with Gasteiger partial charge in [0, 0.05) is 11.0 Å². The fourth-order valence-corrected chi connectivity index (χ4v) is 3.91. The first-order valence-electron chi connectivity index (χ1n) is 5.98. The molecule has 1 heterocycles. The molecule has 0 aromatic heterocycles. The van der Waals surface area contributed by atoms with Gasteiger partial charge in [-0.15, -0.1) is 0 Å². The third-order valence-electron chi connectivity index (χ3n) is 3.21. The summed E-state index contributed by atoms with van der Waals surface area (Å²) in [6.45, 7) is 3.32. The van der Waals surface area contributed by atoms with Crippen LogP contribution in [-0.2, 0) is 10.0 Å². The largest absolute Gasteiger partial charge is 0.315 e. The van der Waals surface area contributed by atoms with Crippen LogP contribution in [0.4, 0.5) is 5.69 Å². The Morgan fingerprint density at radius 2 is 2.22 bits per heavy atom. The van der Waals surface area contributed by atoms with Crippen LogP contribution in [0.5, 0.6) is 0 Å². The van der Waals surface area contributed by atoms with Gasteiger partial charge in [-0.25, -0.2) is 8.42 Å². The number of nitrogens with one attached hydrogen (secondary N) is 2. The highest BCUT2D eigenvalue weighted by Crippen LogP contribution is 2.25. The molecule has 0 radical (unpaired) electrons. The molecule has 100 valence electrons. The molecule has 1 saturated heterocycles. The molecule has 1 aliphatic rings. The summed E-state index contributed by atoms with van der Waals surface area (Å²) in [6.07, 6.45) is 1.62. The van der Waals surface area contributed by atoms with Crippen LogP contribution in [0, 0.1) is 6.92 Å². The third kappa shape index (κ3) is 3.05. The minimum atomic E-state index is -3.31. The summed E-state index contributed by atoms with van der Waals surface area (Å²) in [5.74, 6) is 0. The van der Waals surface area contributed by atoms with E-state index >= 15 is 0 Å². The average molecular weight is 333 g/mol. The van der Waals surface area contributed by atoms with Gasteiger partial charge in [-0.1, -0.05) is 22.0 Å². The number of hydrogen-bond acceptors (Lipinski definition) is 3. The van der Waals surface area contributed by atoms with Crippen molar-refractivity contribution in [1.29, 1.82) is 0 Å². The molecule has 0 spiro atoms. The van der Waals surface area contributed by atoms with Crippen LogP contribution in [0.1, 0.15) is 18.4 Å². The molecule has 6 heteroatoms. The molecule has 0 saturated carbocycles. The van der Waals surface area contributed by atoms with Crippen molar-refractivity contribution >= 4 is 31.6 Å². The van der Waals surface area contributed by atoms with Crippen LogP contribution in [0.25, 0.3) is 0 Å². The molecule has 1 atom stereocenters. The van der Waals surface area contributed by atoms with Gasteiger partial charge in [0.1, 0.15) is 0 Å². The number of hydrogen-bond donors (Lipinski definition) is 2. The van der Waals surface area contributed by atoms with E-state index in [1.807, 2.05) is 19.1 Å². The number of piperidine rings is 1. The summed E-state index contributed by atoms with van der Waals surface area (Å²) < 4.78 is 28.1. The number of sulfonamides is 1. The summed E-state index contributed by atoms with van der Waals surface area (Å²) in [5, 5.41) is 2.78. The van der Waals surface area contributed by atoms with Crippen LogP contribution in [0.3, 0.4) is 0 Å².